The second-order valence-corrected chi connectivity index (χ2v) is 6.38. The van der Waals surface area contributed by atoms with Gasteiger partial charge in [0.15, 0.2) is 0 Å². The predicted octanol–water partition coefficient (Wildman–Crippen LogP) is 5.45. The van der Waals surface area contributed by atoms with E-state index >= 15 is 0 Å². The third-order valence-electron chi connectivity index (χ3n) is 3.47. The highest BCUT2D eigenvalue weighted by atomic mass is 79.9. The summed E-state index contributed by atoms with van der Waals surface area (Å²) in [4.78, 5) is 0. The van der Waals surface area contributed by atoms with Gasteiger partial charge in [-0.05, 0) is 64.2 Å². The number of halogens is 3. The van der Waals surface area contributed by atoms with Crippen LogP contribution in [0.2, 0.25) is 0 Å². The van der Waals surface area contributed by atoms with Crippen LogP contribution in [0, 0.1) is 5.82 Å². The van der Waals surface area contributed by atoms with Crippen LogP contribution >= 0.6 is 31.9 Å². The molecule has 0 amide bonds. The van der Waals surface area contributed by atoms with Crippen molar-refractivity contribution in [3.05, 3.63) is 62.3 Å². The Morgan fingerprint density at radius 3 is 2.74 bits per heavy atom. The number of fused-ring (bicyclic) bond motifs is 1. The third-order valence-corrected chi connectivity index (χ3v) is 4.86. The molecule has 1 nitrogen and oxygen atoms in total. The summed E-state index contributed by atoms with van der Waals surface area (Å²) in [5, 5.41) is 3.41. The first-order valence-corrected chi connectivity index (χ1v) is 7.72. The monoisotopic (exact) mass is 383 g/mol. The van der Waals surface area contributed by atoms with Gasteiger partial charge in [-0.2, -0.15) is 0 Å². The maximum Gasteiger partial charge on any atom is 0.139 e. The van der Waals surface area contributed by atoms with Gasteiger partial charge in [0.1, 0.15) is 5.82 Å². The standard InChI is InChI=1S/C15H12Br2FN/c16-12-3-1-2-11-10(12)5-7-15(11)19-9-4-6-13(17)14(18)8-9/h1-4,6,8,15,19H,5,7H2. The quantitative estimate of drug-likeness (QED) is 0.725. The summed E-state index contributed by atoms with van der Waals surface area (Å²) < 4.78 is 15.2. The molecular weight excluding hydrogens is 373 g/mol. The molecule has 0 spiro atoms. The van der Waals surface area contributed by atoms with E-state index in [2.05, 4.69) is 49.3 Å². The molecule has 0 saturated heterocycles. The van der Waals surface area contributed by atoms with Crippen LogP contribution in [0.15, 0.2) is 45.3 Å². The summed E-state index contributed by atoms with van der Waals surface area (Å²) in [5.74, 6) is -0.238. The minimum atomic E-state index is -0.238. The van der Waals surface area contributed by atoms with Gasteiger partial charge in [0, 0.05) is 10.2 Å². The van der Waals surface area contributed by atoms with Crippen LogP contribution in [-0.2, 0) is 6.42 Å². The average molecular weight is 385 g/mol. The maximum atomic E-state index is 13.5. The highest BCUT2D eigenvalue weighted by Crippen LogP contribution is 2.37. The van der Waals surface area contributed by atoms with Gasteiger partial charge in [-0.1, -0.05) is 28.1 Å². The largest absolute Gasteiger partial charge is 0.378 e. The fraction of sp³-hybridized carbons (Fsp3) is 0.200. The van der Waals surface area contributed by atoms with Gasteiger partial charge in [0.2, 0.25) is 0 Å². The van der Waals surface area contributed by atoms with E-state index in [9.17, 15) is 4.39 Å². The molecule has 19 heavy (non-hydrogen) atoms. The number of rotatable bonds is 2. The molecule has 2 aromatic carbocycles. The Bertz CT molecular complexity index is 628. The minimum Gasteiger partial charge on any atom is -0.378 e. The number of anilines is 1. The van der Waals surface area contributed by atoms with Crippen molar-refractivity contribution < 1.29 is 4.39 Å². The van der Waals surface area contributed by atoms with Crippen LogP contribution in [0.5, 0.6) is 0 Å². The number of hydrogen-bond acceptors (Lipinski definition) is 1. The Morgan fingerprint density at radius 2 is 1.95 bits per heavy atom. The van der Waals surface area contributed by atoms with Crippen LogP contribution in [0.3, 0.4) is 0 Å². The SMILES string of the molecule is Fc1cc(NC2CCc3c(Br)cccc32)ccc1Br. The lowest BCUT2D eigenvalue weighted by Gasteiger charge is -2.16. The first kappa shape index (κ1) is 13.1. The van der Waals surface area contributed by atoms with Crippen LogP contribution in [0.25, 0.3) is 0 Å². The van der Waals surface area contributed by atoms with Crippen LogP contribution in [0.1, 0.15) is 23.6 Å². The van der Waals surface area contributed by atoms with E-state index in [4.69, 9.17) is 0 Å². The molecule has 0 aromatic heterocycles. The van der Waals surface area contributed by atoms with Gasteiger partial charge in [-0.15, -0.1) is 0 Å². The summed E-state index contributed by atoms with van der Waals surface area (Å²) in [6.45, 7) is 0. The van der Waals surface area contributed by atoms with Gasteiger partial charge in [-0.25, -0.2) is 4.39 Å². The van der Waals surface area contributed by atoms with Gasteiger partial charge in [0.25, 0.3) is 0 Å². The first-order chi connectivity index (χ1) is 9.15. The molecule has 2 aromatic rings. The zero-order chi connectivity index (χ0) is 13.4. The number of benzene rings is 2. The zero-order valence-electron chi connectivity index (χ0n) is 10.1. The summed E-state index contributed by atoms with van der Waals surface area (Å²) in [5.41, 5.74) is 3.48. The fourth-order valence-electron chi connectivity index (χ4n) is 2.55. The molecule has 0 fully saturated rings. The Labute approximate surface area is 128 Å². The van der Waals surface area contributed by atoms with Gasteiger partial charge < -0.3 is 5.32 Å². The van der Waals surface area contributed by atoms with Crippen molar-refractivity contribution >= 4 is 37.5 Å². The number of nitrogens with one attached hydrogen (secondary N) is 1. The van der Waals surface area contributed by atoms with Gasteiger partial charge in [0.05, 0.1) is 10.5 Å². The van der Waals surface area contributed by atoms with E-state index in [1.807, 2.05) is 12.1 Å². The molecular formula is C15H12Br2FN. The second kappa shape index (κ2) is 5.25. The lowest BCUT2D eigenvalue weighted by atomic mass is 10.1. The third kappa shape index (κ3) is 2.56. The van der Waals surface area contributed by atoms with E-state index in [0.29, 0.717) is 4.47 Å². The van der Waals surface area contributed by atoms with Crippen molar-refractivity contribution in [3.63, 3.8) is 0 Å². The van der Waals surface area contributed by atoms with Crippen molar-refractivity contribution in [3.8, 4) is 0 Å². The van der Waals surface area contributed by atoms with Gasteiger partial charge in [-0.3, -0.25) is 0 Å². The van der Waals surface area contributed by atoms with Crippen molar-refractivity contribution in [2.75, 3.05) is 5.32 Å². The Hall–Kier alpha value is -0.870. The van der Waals surface area contributed by atoms with Crippen LogP contribution in [0.4, 0.5) is 10.1 Å². The molecule has 0 radical (unpaired) electrons. The summed E-state index contributed by atoms with van der Waals surface area (Å²) in [6.07, 6.45) is 2.09. The van der Waals surface area contributed by atoms with E-state index in [0.717, 1.165) is 23.0 Å². The lowest BCUT2D eigenvalue weighted by Crippen LogP contribution is -2.07. The molecule has 1 unspecified atom stereocenters. The Balaban J connectivity index is 1.86. The molecule has 0 heterocycles. The van der Waals surface area contributed by atoms with E-state index < -0.39 is 0 Å². The highest BCUT2D eigenvalue weighted by Gasteiger charge is 2.23. The summed E-state index contributed by atoms with van der Waals surface area (Å²) in [7, 11) is 0. The lowest BCUT2D eigenvalue weighted by molar-refractivity contribution is 0.621. The zero-order valence-corrected chi connectivity index (χ0v) is 13.3. The van der Waals surface area contributed by atoms with Crippen molar-refractivity contribution in [1.82, 2.24) is 0 Å². The number of hydrogen-bond donors (Lipinski definition) is 1. The Morgan fingerprint density at radius 1 is 1.11 bits per heavy atom. The summed E-state index contributed by atoms with van der Waals surface area (Å²) >= 11 is 6.76. The normalized spacial score (nSPS) is 17.3. The van der Waals surface area contributed by atoms with Crippen LogP contribution in [-0.4, -0.2) is 0 Å². The topological polar surface area (TPSA) is 12.0 Å². The predicted molar refractivity (Wildman–Crippen MR) is 82.9 cm³/mol. The van der Waals surface area contributed by atoms with E-state index in [-0.39, 0.29) is 11.9 Å². The average Bonchev–Trinajstić information content (AvgIpc) is 2.79. The molecule has 98 valence electrons. The Kier molecular flexibility index (Phi) is 3.63. The smallest absolute Gasteiger partial charge is 0.139 e. The molecule has 1 aliphatic carbocycles. The van der Waals surface area contributed by atoms with E-state index in [1.165, 1.54) is 17.2 Å². The molecule has 1 atom stereocenters. The van der Waals surface area contributed by atoms with Gasteiger partial charge >= 0.3 is 0 Å². The first-order valence-electron chi connectivity index (χ1n) is 6.14. The maximum absolute atomic E-state index is 13.5. The molecule has 3 rings (SSSR count). The van der Waals surface area contributed by atoms with Crippen molar-refractivity contribution in [2.24, 2.45) is 0 Å². The molecule has 0 aliphatic heterocycles. The van der Waals surface area contributed by atoms with Crippen molar-refractivity contribution in [1.29, 1.82) is 0 Å². The molecule has 0 saturated carbocycles. The molecule has 1 N–H and O–H groups in total. The summed E-state index contributed by atoms with van der Waals surface area (Å²) in [6, 6.07) is 11.7. The molecule has 4 heteroatoms. The molecule has 1 aliphatic rings. The highest BCUT2D eigenvalue weighted by molar-refractivity contribution is 9.10. The van der Waals surface area contributed by atoms with Crippen LogP contribution < -0.4 is 5.32 Å². The fourth-order valence-corrected chi connectivity index (χ4v) is 3.37. The second-order valence-electron chi connectivity index (χ2n) is 4.67. The molecule has 0 bridgehead atoms. The minimum absolute atomic E-state index is 0.238. The van der Waals surface area contributed by atoms with Crippen molar-refractivity contribution in [2.45, 2.75) is 18.9 Å². The van der Waals surface area contributed by atoms with E-state index in [1.54, 1.807) is 6.07 Å².